The van der Waals surface area contributed by atoms with E-state index in [1.165, 1.54) is 31.3 Å². The standard InChI is InChI=1S/C27H22BrFN2O6S/c1-31(38(34,35)23-12-6-18-4-2-3-5-19(18)14-23)21-8-10-22(11-9-21)36-17-27(33)37-16-26(32)30-25-13-7-20(28)15-24(25)29/h2-15H,16-17H2,1H3,(H,30,32). The molecule has 8 nitrogen and oxygen atoms in total. The Morgan fingerprint density at radius 1 is 0.921 bits per heavy atom. The number of halogens is 2. The molecule has 4 aromatic carbocycles. The number of sulfonamides is 1. The second-order valence-electron chi connectivity index (χ2n) is 8.10. The van der Waals surface area contributed by atoms with Crippen molar-refractivity contribution in [3.05, 3.63) is 95.2 Å². The van der Waals surface area contributed by atoms with Crippen molar-refractivity contribution in [3.63, 3.8) is 0 Å². The molecule has 0 aliphatic rings. The van der Waals surface area contributed by atoms with Gasteiger partial charge in [-0.2, -0.15) is 0 Å². The molecule has 1 N–H and O–H groups in total. The van der Waals surface area contributed by atoms with Crippen molar-refractivity contribution in [2.45, 2.75) is 4.90 Å². The smallest absolute Gasteiger partial charge is 0.344 e. The predicted octanol–water partition coefficient (Wildman–Crippen LogP) is 5.13. The molecule has 4 rings (SSSR count). The molecule has 0 atom stereocenters. The van der Waals surface area contributed by atoms with Crippen LogP contribution in [0.3, 0.4) is 0 Å². The van der Waals surface area contributed by atoms with Crippen molar-refractivity contribution in [1.29, 1.82) is 0 Å². The summed E-state index contributed by atoms with van der Waals surface area (Å²) >= 11 is 3.12. The van der Waals surface area contributed by atoms with Crippen LogP contribution in [0.4, 0.5) is 15.8 Å². The van der Waals surface area contributed by atoms with E-state index < -0.39 is 40.9 Å². The molecular formula is C27H22BrFN2O6S. The number of hydrogen-bond donors (Lipinski definition) is 1. The topological polar surface area (TPSA) is 102 Å². The van der Waals surface area contributed by atoms with Gasteiger partial charge >= 0.3 is 5.97 Å². The van der Waals surface area contributed by atoms with Gasteiger partial charge in [0.2, 0.25) is 0 Å². The maximum atomic E-state index is 13.8. The summed E-state index contributed by atoms with van der Waals surface area (Å²) in [5.74, 6) is -1.86. The number of ether oxygens (including phenoxy) is 2. The third-order valence-corrected chi connectivity index (χ3v) is 7.78. The van der Waals surface area contributed by atoms with Crippen molar-refractivity contribution in [2.75, 3.05) is 29.9 Å². The van der Waals surface area contributed by atoms with Crippen LogP contribution in [0.25, 0.3) is 10.8 Å². The third kappa shape index (κ3) is 6.48. The van der Waals surface area contributed by atoms with Crippen molar-refractivity contribution >= 4 is 60.0 Å². The van der Waals surface area contributed by atoms with E-state index in [9.17, 15) is 22.4 Å². The zero-order valence-corrected chi connectivity index (χ0v) is 22.5. The Balaban J connectivity index is 1.29. The van der Waals surface area contributed by atoms with Gasteiger partial charge in [-0.25, -0.2) is 17.6 Å². The Kier molecular flexibility index (Phi) is 8.28. The summed E-state index contributed by atoms with van der Waals surface area (Å²) in [6, 6.07) is 22.7. The molecule has 0 saturated carbocycles. The van der Waals surface area contributed by atoms with E-state index >= 15 is 0 Å². The largest absolute Gasteiger partial charge is 0.482 e. The number of fused-ring (bicyclic) bond motifs is 1. The molecule has 0 aromatic heterocycles. The van der Waals surface area contributed by atoms with Gasteiger partial charge in [0, 0.05) is 11.5 Å². The minimum atomic E-state index is -3.81. The molecule has 11 heteroatoms. The fourth-order valence-corrected chi connectivity index (χ4v) is 5.05. The lowest BCUT2D eigenvalue weighted by Crippen LogP contribution is -2.26. The molecule has 0 unspecified atom stereocenters. The van der Waals surface area contributed by atoms with Gasteiger partial charge in [-0.1, -0.05) is 46.3 Å². The average molecular weight is 601 g/mol. The molecule has 0 saturated heterocycles. The normalized spacial score (nSPS) is 11.1. The van der Waals surface area contributed by atoms with Gasteiger partial charge < -0.3 is 14.8 Å². The summed E-state index contributed by atoms with van der Waals surface area (Å²) in [6.45, 7) is -1.10. The lowest BCUT2D eigenvalue weighted by Gasteiger charge is -2.20. The van der Waals surface area contributed by atoms with Gasteiger partial charge in [0.05, 0.1) is 16.3 Å². The van der Waals surface area contributed by atoms with Gasteiger partial charge in [0.1, 0.15) is 11.6 Å². The minimum Gasteiger partial charge on any atom is -0.482 e. The second-order valence-corrected chi connectivity index (χ2v) is 11.0. The zero-order chi connectivity index (χ0) is 27.3. The van der Waals surface area contributed by atoms with Crippen molar-refractivity contribution < 1.29 is 31.9 Å². The van der Waals surface area contributed by atoms with Crippen LogP contribution in [-0.2, 0) is 24.3 Å². The first-order valence-corrected chi connectivity index (χ1v) is 13.5. The van der Waals surface area contributed by atoms with E-state index in [2.05, 4.69) is 21.2 Å². The molecule has 0 aliphatic carbocycles. The summed E-state index contributed by atoms with van der Waals surface area (Å²) in [5.41, 5.74) is 0.350. The molecular weight excluding hydrogens is 579 g/mol. The number of rotatable bonds is 9. The van der Waals surface area contributed by atoms with E-state index in [1.54, 1.807) is 36.4 Å². The van der Waals surface area contributed by atoms with E-state index in [-0.39, 0.29) is 10.6 Å². The van der Waals surface area contributed by atoms with E-state index in [1.807, 2.05) is 24.3 Å². The molecule has 0 heterocycles. The monoisotopic (exact) mass is 600 g/mol. The van der Waals surface area contributed by atoms with Crippen LogP contribution in [0.2, 0.25) is 0 Å². The van der Waals surface area contributed by atoms with Gasteiger partial charge in [-0.15, -0.1) is 0 Å². The molecule has 0 fully saturated rings. The summed E-state index contributed by atoms with van der Waals surface area (Å²) in [7, 11) is -2.36. The molecule has 0 bridgehead atoms. The van der Waals surface area contributed by atoms with Crippen LogP contribution >= 0.6 is 15.9 Å². The molecule has 0 aliphatic heterocycles. The fourth-order valence-electron chi connectivity index (χ4n) is 3.48. The molecule has 0 spiro atoms. The molecule has 1 amide bonds. The van der Waals surface area contributed by atoms with Gasteiger partial charge in [0.25, 0.3) is 15.9 Å². The molecule has 38 heavy (non-hydrogen) atoms. The number of nitrogens with one attached hydrogen (secondary N) is 1. The number of amides is 1. The highest BCUT2D eigenvalue weighted by Crippen LogP contribution is 2.26. The Hall–Kier alpha value is -3.96. The van der Waals surface area contributed by atoms with E-state index in [0.29, 0.717) is 15.9 Å². The molecule has 0 radical (unpaired) electrons. The summed E-state index contributed by atoms with van der Waals surface area (Å²) < 4.78 is 51.9. The highest BCUT2D eigenvalue weighted by atomic mass is 79.9. The maximum Gasteiger partial charge on any atom is 0.344 e. The van der Waals surface area contributed by atoms with E-state index in [4.69, 9.17) is 9.47 Å². The minimum absolute atomic E-state index is 0.0433. The average Bonchev–Trinajstić information content (AvgIpc) is 2.92. The third-order valence-electron chi connectivity index (χ3n) is 5.51. The number of anilines is 2. The van der Waals surface area contributed by atoms with Crippen LogP contribution in [0.15, 0.2) is 94.3 Å². The van der Waals surface area contributed by atoms with E-state index in [0.717, 1.165) is 15.1 Å². The first kappa shape index (κ1) is 27.1. The SMILES string of the molecule is CN(c1ccc(OCC(=O)OCC(=O)Nc2ccc(Br)cc2F)cc1)S(=O)(=O)c1ccc2ccccc2c1. The number of esters is 1. The first-order valence-electron chi connectivity index (χ1n) is 11.2. The number of hydrogen-bond acceptors (Lipinski definition) is 6. The quantitative estimate of drug-likeness (QED) is 0.267. The number of nitrogens with zero attached hydrogens (tertiary/aromatic N) is 1. The number of benzene rings is 4. The fraction of sp³-hybridized carbons (Fsp3) is 0.111. The van der Waals surface area contributed by atoms with Crippen LogP contribution < -0.4 is 14.4 Å². The van der Waals surface area contributed by atoms with Crippen LogP contribution in [0.5, 0.6) is 5.75 Å². The first-order chi connectivity index (χ1) is 18.1. The van der Waals surface area contributed by atoms with Crippen LogP contribution in [0, 0.1) is 5.82 Å². The number of carbonyl (C=O) groups is 2. The summed E-state index contributed by atoms with van der Waals surface area (Å²) in [4.78, 5) is 24.0. The predicted molar refractivity (Wildman–Crippen MR) is 145 cm³/mol. The summed E-state index contributed by atoms with van der Waals surface area (Å²) in [5, 5.41) is 4.06. The van der Waals surface area contributed by atoms with Crippen molar-refractivity contribution in [1.82, 2.24) is 0 Å². The van der Waals surface area contributed by atoms with Crippen LogP contribution in [0.1, 0.15) is 0 Å². The Labute approximate surface area is 227 Å². The Morgan fingerprint density at radius 2 is 1.63 bits per heavy atom. The van der Waals surface area contributed by atoms with Gasteiger partial charge in [0.15, 0.2) is 13.2 Å². The van der Waals surface area contributed by atoms with Gasteiger partial charge in [-0.05, 0) is 65.4 Å². The Morgan fingerprint density at radius 3 is 2.34 bits per heavy atom. The molecule has 4 aromatic rings. The van der Waals surface area contributed by atoms with Crippen molar-refractivity contribution in [3.8, 4) is 5.75 Å². The van der Waals surface area contributed by atoms with Crippen molar-refractivity contribution in [2.24, 2.45) is 0 Å². The second kappa shape index (κ2) is 11.6. The zero-order valence-electron chi connectivity index (χ0n) is 20.1. The highest BCUT2D eigenvalue weighted by Gasteiger charge is 2.22. The maximum absolute atomic E-state index is 13.8. The lowest BCUT2D eigenvalue weighted by molar-refractivity contribution is -0.149. The molecule has 196 valence electrons. The van der Waals surface area contributed by atoms with Gasteiger partial charge in [-0.3, -0.25) is 9.10 Å². The lowest BCUT2D eigenvalue weighted by atomic mass is 10.1. The number of carbonyl (C=O) groups excluding carboxylic acids is 2. The van der Waals surface area contributed by atoms with Crippen LogP contribution in [-0.4, -0.2) is 40.6 Å². The Bertz CT molecular complexity index is 1600. The highest BCUT2D eigenvalue weighted by molar-refractivity contribution is 9.10. The summed E-state index contributed by atoms with van der Waals surface area (Å²) in [6.07, 6.45) is 0.